The number of nitrogens with zero attached hydrogens (tertiary/aromatic N) is 2. The highest BCUT2D eigenvalue weighted by atomic mass is 15.3. The Balaban J connectivity index is 1.65. The van der Waals surface area contributed by atoms with Crippen molar-refractivity contribution in [3.05, 3.63) is 35.9 Å². The van der Waals surface area contributed by atoms with Crippen molar-refractivity contribution in [2.45, 2.75) is 44.2 Å². The second kappa shape index (κ2) is 6.91. The lowest BCUT2D eigenvalue weighted by molar-refractivity contribution is 0.0127. The first kappa shape index (κ1) is 15.0. The van der Waals surface area contributed by atoms with Crippen LogP contribution in [0.1, 0.15) is 37.7 Å². The van der Waals surface area contributed by atoms with Crippen molar-refractivity contribution in [1.82, 2.24) is 9.80 Å². The summed E-state index contributed by atoms with van der Waals surface area (Å²) in [4.78, 5) is 5.39. The number of piperidine rings is 1. The number of hydrogen-bond acceptors (Lipinski definition) is 3. The summed E-state index contributed by atoms with van der Waals surface area (Å²) in [6, 6.07) is 12.2. The molecule has 3 rings (SSSR count). The Bertz CT molecular complexity index is 433. The molecule has 3 heteroatoms. The molecule has 0 bridgehead atoms. The molecular weight excluding hydrogens is 258 g/mol. The van der Waals surface area contributed by atoms with Gasteiger partial charge in [0, 0.05) is 44.2 Å². The van der Waals surface area contributed by atoms with Crippen LogP contribution in [0.4, 0.5) is 0 Å². The molecule has 116 valence electrons. The standard InChI is InChI=1S/C18H29N3/c1-15-12-20-10-6-5-9-18(20)14-21(15)13-17(11-19)16-7-3-2-4-8-16/h2-4,7-8,15,17-18H,5-6,9-14,19H2,1H3. The first-order chi connectivity index (χ1) is 10.3. The topological polar surface area (TPSA) is 32.5 Å². The third-order valence-corrected chi connectivity index (χ3v) is 5.33. The Morgan fingerprint density at radius 2 is 2.00 bits per heavy atom. The van der Waals surface area contributed by atoms with Gasteiger partial charge in [0.15, 0.2) is 0 Å². The molecule has 0 aliphatic carbocycles. The maximum Gasteiger partial charge on any atom is 0.0223 e. The van der Waals surface area contributed by atoms with Gasteiger partial charge in [-0.15, -0.1) is 0 Å². The molecule has 3 atom stereocenters. The molecule has 2 fully saturated rings. The van der Waals surface area contributed by atoms with Crippen molar-refractivity contribution in [2.75, 3.05) is 32.7 Å². The van der Waals surface area contributed by atoms with E-state index in [0.717, 1.165) is 19.1 Å². The van der Waals surface area contributed by atoms with Crippen molar-refractivity contribution in [3.8, 4) is 0 Å². The zero-order chi connectivity index (χ0) is 14.7. The molecule has 2 N–H and O–H groups in total. The predicted molar refractivity (Wildman–Crippen MR) is 88.5 cm³/mol. The number of benzene rings is 1. The van der Waals surface area contributed by atoms with Crippen LogP contribution in [0.2, 0.25) is 0 Å². The summed E-state index contributed by atoms with van der Waals surface area (Å²) in [5.41, 5.74) is 7.45. The summed E-state index contributed by atoms with van der Waals surface area (Å²) in [6.07, 6.45) is 4.17. The lowest BCUT2D eigenvalue weighted by atomic mass is 9.94. The summed E-state index contributed by atoms with van der Waals surface area (Å²) in [5, 5.41) is 0. The van der Waals surface area contributed by atoms with Crippen molar-refractivity contribution in [2.24, 2.45) is 5.73 Å². The summed E-state index contributed by atoms with van der Waals surface area (Å²) >= 11 is 0. The normalized spacial score (nSPS) is 29.0. The molecule has 1 aromatic rings. The van der Waals surface area contributed by atoms with E-state index in [0.29, 0.717) is 12.0 Å². The van der Waals surface area contributed by atoms with Crippen LogP contribution in [0, 0.1) is 0 Å². The lowest BCUT2D eigenvalue weighted by Crippen LogP contribution is -2.59. The minimum Gasteiger partial charge on any atom is -0.330 e. The molecule has 2 aliphatic rings. The number of nitrogens with two attached hydrogens (primary N) is 1. The SMILES string of the molecule is CC1CN2CCCCC2CN1CC(CN)c1ccccc1. The quantitative estimate of drug-likeness (QED) is 0.922. The molecule has 3 unspecified atom stereocenters. The van der Waals surface area contributed by atoms with Gasteiger partial charge in [0.2, 0.25) is 0 Å². The first-order valence-electron chi connectivity index (χ1n) is 8.51. The van der Waals surface area contributed by atoms with Crippen LogP contribution in [0.15, 0.2) is 30.3 Å². The molecule has 2 saturated heterocycles. The molecule has 1 aromatic carbocycles. The van der Waals surface area contributed by atoms with E-state index in [9.17, 15) is 0 Å². The van der Waals surface area contributed by atoms with Crippen molar-refractivity contribution >= 4 is 0 Å². The third kappa shape index (κ3) is 3.47. The lowest BCUT2D eigenvalue weighted by Gasteiger charge is -2.48. The Kier molecular flexibility index (Phi) is 4.94. The molecule has 0 saturated carbocycles. The monoisotopic (exact) mass is 287 g/mol. The Hall–Kier alpha value is -0.900. The first-order valence-corrected chi connectivity index (χ1v) is 8.51. The van der Waals surface area contributed by atoms with Crippen molar-refractivity contribution in [3.63, 3.8) is 0 Å². The average Bonchev–Trinajstić information content (AvgIpc) is 2.53. The van der Waals surface area contributed by atoms with Crippen molar-refractivity contribution in [1.29, 1.82) is 0 Å². The number of rotatable bonds is 4. The van der Waals surface area contributed by atoms with Gasteiger partial charge >= 0.3 is 0 Å². The smallest absolute Gasteiger partial charge is 0.0223 e. The van der Waals surface area contributed by atoms with E-state index in [1.165, 1.54) is 44.5 Å². The summed E-state index contributed by atoms with van der Waals surface area (Å²) in [5.74, 6) is 0.462. The van der Waals surface area contributed by atoms with Crippen LogP contribution in [0.5, 0.6) is 0 Å². The van der Waals surface area contributed by atoms with E-state index in [2.05, 4.69) is 47.1 Å². The van der Waals surface area contributed by atoms with Gasteiger partial charge in [-0.1, -0.05) is 36.8 Å². The number of fused-ring (bicyclic) bond motifs is 1. The van der Waals surface area contributed by atoms with E-state index < -0.39 is 0 Å². The molecular formula is C18H29N3. The highest BCUT2D eigenvalue weighted by Gasteiger charge is 2.33. The number of piperazine rings is 1. The van der Waals surface area contributed by atoms with Gasteiger partial charge in [-0.3, -0.25) is 9.80 Å². The minimum atomic E-state index is 0.462. The maximum absolute atomic E-state index is 6.06. The zero-order valence-electron chi connectivity index (χ0n) is 13.2. The van der Waals surface area contributed by atoms with Gasteiger partial charge in [-0.05, 0) is 31.9 Å². The maximum atomic E-state index is 6.06. The Labute approximate surface area is 129 Å². The Morgan fingerprint density at radius 1 is 1.19 bits per heavy atom. The molecule has 0 radical (unpaired) electrons. The zero-order valence-corrected chi connectivity index (χ0v) is 13.2. The molecule has 0 amide bonds. The minimum absolute atomic E-state index is 0.462. The van der Waals surface area contributed by atoms with Gasteiger partial charge in [0.05, 0.1) is 0 Å². The highest BCUT2D eigenvalue weighted by molar-refractivity contribution is 5.20. The van der Waals surface area contributed by atoms with E-state index in [1.807, 2.05) is 0 Å². The number of hydrogen-bond donors (Lipinski definition) is 1. The highest BCUT2D eigenvalue weighted by Crippen LogP contribution is 2.26. The van der Waals surface area contributed by atoms with Gasteiger partial charge < -0.3 is 5.73 Å². The van der Waals surface area contributed by atoms with Crippen LogP contribution in [-0.2, 0) is 0 Å². The van der Waals surface area contributed by atoms with Gasteiger partial charge in [0.25, 0.3) is 0 Å². The van der Waals surface area contributed by atoms with Gasteiger partial charge in [-0.25, -0.2) is 0 Å². The van der Waals surface area contributed by atoms with Crippen molar-refractivity contribution < 1.29 is 0 Å². The van der Waals surface area contributed by atoms with E-state index in [4.69, 9.17) is 5.73 Å². The average molecular weight is 287 g/mol. The molecule has 0 aromatic heterocycles. The molecule has 0 spiro atoms. The van der Waals surface area contributed by atoms with E-state index >= 15 is 0 Å². The molecule has 21 heavy (non-hydrogen) atoms. The third-order valence-electron chi connectivity index (χ3n) is 5.33. The van der Waals surface area contributed by atoms with Crippen LogP contribution < -0.4 is 5.73 Å². The van der Waals surface area contributed by atoms with Crippen LogP contribution in [-0.4, -0.2) is 54.6 Å². The van der Waals surface area contributed by atoms with Crippen LogP contribution >= 0.6 is 0 Å². The summed E-state index contributed by atoms with van der Waals surface area (Å²) in [6.45, 7) is 7.99. The molecule has 2 heterocycles. The Morgan fingerprint density at radius 3 is 2.76 bits per heavy atom. The summed E-state index contributed by atoms with van der Waals surface area (Å²) < 4.78 is 0. The second-order valence-corrected chi connectivity index (χ2v) is 6.79. The second-order valence-electron chi connectivity index (χ2n) is 6.79. The predicted octanol–water partition coefficient (Wildman–Crippen LogP) is 2.29. The van der Waals surface area contributed by atoms with Gasteiger partial charge in [0.1, 0.15) is 0 Å². The largest absolute Gasteiger partial charge is 0.330 e. The fourth-order valence-corrected chi connectivity index (χ4v) is 3.99. The van der Waals surface area contributed by atoms with E-state index in [-0.39, 0.29) is 0 Å². The fraction of sp³-hybridized carbons (Fsp3) is 0.667. The summed E-state index contributed by atoms with van der Waals surface area (Å²) in [7, 11) is 0. The molecule has 2 aliphatic heterocycles. The van der Waals surface area contributed by atoms with E-state index in [1.54, 1.807) is 0 Å². The fourth-order valence-electron chi connectivity index (χ4n) is 3.99. The molecule has 3 nitrogen and oxygen atoms in total. The van der Waals surface area contributed by atoms with Crippen LogP contribution in [0.3, 0.4) is 0 Å². The van der Waals surface area contributed by atoms with Crippen LogP contribution in [0.25, 0.3) is 0 Å². The van der Waals surface area contributed by atoms with Gasteiger partial charge in [-0.2, -0.15) is 0 Å².